The van der Waals surface area contributed by atoms with E-state index in [2.05, 4.69) is 13.5 Å². The Labute approximate surface area is 115 Å². The molecule has 0 saturated carbocycles. The van der Waals surface area contributed by atoms with E-state index in [1.54, 1.807) is 24.4 Å². The van der Waals surface area contributed by atoms with Gasteiger partial charge in [-0.25, -0.2) is 4.98 Å². The van der Waals surface area contributed by atoms with Gasteiger partial charge in [0.2, 0.25) is 5.88 Å². The van der Waals surface area contributed by atoms with Crippen LogP contribution in [0, 0.1) is 0 Å². The summed E-state index contributed by atoms with van der Waals surface area (Å²) in [4.78, 5) is 4.62. The van der Waals surface area contributed by atoms with Crippen LogP contribution in [-0.4, -0.2) is 32.0 Å². The van der Waals surface area contributed by atoms with Crippen molar-refractivity contribution in [2.45, 2.75) is 5.75 Å². The maximum atomic E-state index is 11.3. The van der Waals surface area contributed by atoms with Crippen LogP contribution < -0.4 is 4.74 Å². The molecule has 6 nitrogen and oxygen atoms in total. The van der Waals surface area contributed by atoms with Gasteiger partial charge < -0.3 is 4.74 Å². The van der Waals surface area contributed by atoms with Crippen LogP contribution in [-0.2, 0) is 20.1 Å². The Kier molecular flexibility index (Phi) is 4.13. The van der Waals surface area contributed by atoms with Gasteiger partial charge in [-0.3, -0.25) is 4.18 Å². The van der Waals surface area contributed by atoms with Gasteiger partial charge in [0.25, 0.3) is 10.1 Å². The molecule has 0 saturated heterocycles. The SMILES string of the molecule is COc1cc(-c2cc(CS(=O)(=O)OC)sn2)ccn1. The zero-order valence-electron chi connectivity index (χ0n) is 10.4. The topological polar surface area (TPSA) is 78.4 Å². The maximum Gasteiger partial charge on any atom is 0.272 e. The highest BCUT2D eigenvalue weighted by Gasteiger charge is 2.14. The quantitative estimate of drug-likeness (QED) is 0.782. The molecule has 0 fully saturated rings. The molecule has 2 aromatic rings. The van der Waals surface area contributed by atoms with E-state index in [0.717, 1.165) is 24.2 Å². The van der Waals surface area contributed by atoms with Crippen molar-refractivity contribution in [2.75, 3.05) is 14.2 Å². The summed E-state index contributed by atoms with van der Waals surface area (Å²) < 4.78 is 36.3. The standard InChI is InChI=1S/C11H12N2O4S2/c1-16-11-5-8(3-4-12-11)10-6-9(18-13-10)7-19(14,15)17-2/h3-6H,7H2,1-2H3. The zero-order chi connectivity index (χ0) is 13.9. The Morgan fingerprint density at radius 2 is 2.11 bits per heavy atom. The van der Waals surface area contributed by atoms with Crippen molar-refractivity contribution in [1.29, 1.82) is 0 Å². The van der Waals surface area contributed by atoms with E-state index in [1.807, 2.05) is 0 Å². The van der Waals surface area contributed by atoms with Crippen LogP contribution in [0.25, 0.3) is 11.3 Å². The smallest absolute Gasteiger partial charge is 0.272 e. The number of rotatable bonds is 5. The number of nitrogens with zero attached hydrogens (tertiary/aromatic N) is 2. The lowest BCUT2D eigenvalue weighted by Gasteiger charge is -2.00. The fourth-order valence-corrected chi connectivity index (χ4v) is 3.16. The van der Waals surface area contributed by atoms with E-state index < -0.39 is 10.1 Å². The third kappa shape index (κ3) is 3.49. The van der Waals surface area contributed by atoms with E-state index in [0.29, 0.717) is 16.5 Å². The van der Waals surface area contributed by atoms with Crippen LogP contribution in [0.1, 0.15) is 4.88 Å². The molecule has 0 spiro atoms. The molecule has 0 amide bonds. The van der Waals surface area contributed by atoms with Gasteiger partial charge in [0.1, 0.15) is 5.75 Å². The zero-order valence-corrected chi connectivity index (χ0v) is 12.0. The summed E-state index contributed by atoms with van der Waals surface area (Å²) in [6, 6.07) is 5.24. The van der Waals surface area contributed by atoms with Gasteiger partial charge in [0.05, 0.1) is 19.9 Å². The fourth-order valence-electron chi connectivity index (χ4n) is 1.43. The number of methoxy groups -OCH3 is 1. The molecule has 0 aliphatic carbocycles. The van der Waals surface area contributed by atoms with E-state index in [-0.39, 0.29) is 5.75 Å². The second kappa shape index (κ2) is 5.64. The van der Waals surface area contributed by atoms with Crippen molar-refractivity contribution in [2.24, 2.45) is 0 Å². The molecule has 0 aromatic carbocycles. The van der Waals surface area contributed by atoms with Gasteiger partial charge in [-0.15, -0.1) is 0 Å². The number of pyridine rings is 1. The Bertz CT molecular complexity index is 667. The minimum Gasteiger partial charge on any atom is -0.481 e. The maximum absolute atomic E-state index is 11.3. The molecule has 0 N–H and O–H groups in total. The van der Waals surface area contributed by atoms with Crippen molar-refractivity contribution >= 4 is 21.7 Å². The van der Waals surface area contributed by atoms with Crippen LogP contribution in [0.5, 0.6) is 5.88 Å². The van der Waals surface area contributed by atoms with Crippen molar-refractivity contribution in [1.82, 2.24) is 9.36 Å². The van der Waals surface area contributed by atoms with Crippen molar-refractivity contribution in [3.8, 4) is 17.1 Å². The average molecular weight is 300 g/mol. The van der Waals surface area contributed by atoms with Gasteiger partial charge in [-0.05, 0) is 23.7 Å². The first-order chi connectivity index (χ1) is 9.04. The molecule has 8 heteroatoms. The summed E-state index contributed by atoms with van der Waals surface area (Å²) in [5.41, 5.74) is 1.51. The van der Waals surface area contributed by atoms with Crippen LogP contribution in [0.4, 0.5) is 0 Å². The third-order valence-corrected chi connectivity index (χ3v) is 4.51. The number of ether oxygens (including phenoxy) is 1. The number of hydrogen-bond acceptors (Lipinski definition) is 7. The monoisotopic (exact) mass is 300 g/mol. The summed E-state index contributed by atoms with van der Waals surface area (Å²) in [5.74, 6) is 0.306. The van der Waals surface area contributed by atoms with Crippen molar-refractivity contribution in [3.05, 3.63) is 29.3 Å². The minimum atomic E-state index is -3.52. The number of aromatic nitrogens is 2. The molecule has 2 rings (SSSR count). The van der Waals surface area contributed by atoms with E-state index in [4.69, 9.17) is 4.74 Å². The predicted octanol–water partition coefficient (Wildman–Crippen LogP) is 1.69. The summed E-state index contributed by atoms with van der Waals surface area (Å²) in [6.07, 6.45) is 1.61. The molecular formula is C11H12N2O4S2. The third-order valence-electron chi connectivity index (χ3n) is 2.37. The normalized spacial score (nSPS) is 11.5. The van der Waals surface area contributed by atoms with Crippen LogP contribution >= 0.6 is 11.5 Å². The highest BCUT2D eigenvalue weighted by atomic mass is 32.2. The molecule has 102 valence electrons. The summed E-state index contributed by atoms with van der Waals surface area (Å²) >= 11 is 1.13. The van der Waals surface area contributed by atoms with Crippen molar-refractivity contribution in [3.63, 3.8) is 0 Å². The molecule has 2 heterocycles. The number of hydrogen-bond donors (Lipinski definition) is 0. The van der Waals surface area contributed by atoms with Gasteiger partial charge in [-0.2, -0.15) is 12.8 Å². The largest absolute Gasteiger partial charge is 0.481 e. The lowest BCUT2D eigenvalue weighted by atomic mass is 10.2. The molecule has 0 radical (unpaired) electrons. The second-order valence-electron chi connectivity index (χ2n) is 3.63. The minimum absolute atomic E-state index is 0.177. The Hall–Kier alpha value is -1.51. The lowest BCUT2D eigenvalue weighted by Crippen LogP contribution is -2.04. The van der Waals surface area contributed by atoms with Gasteiger partial charge >= 0.3 is 0 Å². The molecule has 0 aliphatic heterocycles. The van der Waals surface area contributed by atoms with E-state index in [1.165, 1.54) is 7.11 Å². The van der Waals surface area contributed by atoms with Crippen LogP contribution in [0.15, 0.2) is 24.4 Å². The average Bonchev–Trinajstić information content (AvgIpc) is 2.86. The first-order valence-electron chi connectivity index (χ1n) is 5.28. The van der Waals surface area contributed by atoms with E-state index in [9.17, 15) is 8.42 Å². The van der Waals surface area contributed by atoms with Gasteiger partial charge in [0.15, 0.2) is 0 Å². The molecule has 2 aromatic heterocycles. The molecule has 0 unspecified atom stereocenters. The van der Waals surface area contributed by atoms with Crippen molar-refractivity contribution < 1.29 is 17.3 Å². The van der Waals surface area contributed by atoms with Gasteiger partial charge in [-0.1, -0.05) is 0 Å². The Balaban J connectivity index is 2.25. The molecule has 19 heavy (non-hydrogen) atoms. The lowest BCUT2D eigenvalue weighted by molar-refractivity contribution is 0.397. The molecule has 0 atom stereocenters. The fraction of sp³-hybridized carbons (Fsp3) is 0.273. The summed E-state index contributed by atoms with van der Waals surface area (Å²) in [6.45, 7) is 0. The summed E-state index contributed by atoms with van der Waals surface area (Å²) in [7, 11) is -0.845. The molecule has 0 bridgehead atoms. The van der Waals surface area contributed by atoms with Gasteiger partial charge in [0, 0.05) is 22.7 Å². The summed E-state index contributed by atoms with van der Waals surface area (Å²) in [5, 5.41) is 0. The Morgan fingerprint density at radius 3 is 2.79 bits per heavy atom. The Morgan fingerprint density at radius 1 is 1.32 bits per heavy atom. The molecule has 0 aliphatic rings. The van der Waals surface area contributed by atoms with E-state index >= 15 is 0 Å². The van der Waals surface area contributed by atoms with Crippen LogP contribution in [0.3, 0.4) is 0 Å². The second-order valence-corrected chi connectivity index (χ2v) is 6.26. The van der Waals surface area contributed by atoms with Crippen LogP contribution in [0.2, 0.25) is 0 Å². The predicted molar refractivity (Wildman–Crippen MR) is 71.5 cm³/mol. The first-order valence-corrected chi connectivity index (χ1v) is 7.63. The highest BCUT2D eigenvalue weighted by Crippen LogP contribution is 2.25. The first kappa shape index (κ1) is 13.9. The highest BCUT2D eigenvalue weighted by molar-refractivity contribution is 7.86. The molecular weight excluding hydrogens is 288 g/mol.